The molecule has 3 N–H and O–H groups in total. The molecule has 17 heavy (non-hydrogen) atoms. The lowest BCUT2D eigenvalue weighted by Crippen LogP contribution is -2.30. The first-order valence-corrected chi connectivity index (χ1v) is 4.78. The summed E-state index contributed by atoms with van der Waals surface area (Å²) in [7, 11) is 1.38. The Morgan fingerprint density at radius 2 is 2.18 bits per heavy atom. The third-order valence-corrected chi connectivity index (χ3v) is 2.10. The molecular formula is C10H13N3O4. The van der Waals surface area contributed by atoms with E-state index in [9.17, 15) is 10.1 Å². The maximum atomic E-state index is 10.6. The SMILES string of the molecule is COc1cc([N+](=O)[O-])ccc1OC(C)C(=N)N. The van der Waals surface area contributed by atoms with Crippen molar-refractivity contribution in [3.05, 3.63) is 28.3 Å². The summed E-state index contributed by atoms with van der Waals surface area (Å²) in [5, 5.41) is 17.8. The van der Waals surface area contributed by atoms with Crippen molar-refractivity contribution in [1.82, 2.24) is 0 Å². The van der Waals surface area contributed by atoms with Crippen LogP contribution in [0, 0.1) is 15.5 Å². The highest BCUT2D eigenvalue weighted by atomic mass is 16.6. The zero-order valence-electron chi connectivity index (χ0n) is 9.47. The molecule has 0 fully saturated rings. The number of hydrogen-bond acceptors (Lipinski definition) is 5. The lowest BCUT2D eigenvalue weighted by Gasteiger charge is -2.15. The van der Waals surface area contributed by atoms with Crippen molar-refractivity contribution in [3.8, 4) is 11.5 Å². The highest BCUT2D eigenvalue weighted by molar-refractivity contribution is 5.81. The fraction of sp³-hybridized carbons (Fsp3) is 0.300. The number of nitro benzene ring substituents is 1. The van der Waals surface area contributed by atoms with Gasteiger partial charge in [-0.05, 0) is 13.0 Å². The number of non-ortho nitro benzene ring substituents is 1. The Morgan fingerprint density at radius 1 is 1.53 bits per heavy atom. The van der Waals surface area contributed by atoms with Gasteiger partial charge in [0.1, 0.15) is 5.84 Å². The Labute approximate surface area is 97.8 Å². The van der Waals surface area contributed by atoms with Crippen LogP contribution in [0.1, 0.15) is 6.92 Å². The van der Waals surface area contributed by atoms with Gasteiger partial charge < -0.3 is 15.2 Å². The van der Waals surface area contributed by atoms with Crippen LogP contribution in [-0.4, -0.2) is 24.0 Å². The number of nitro groups is 1. The molecule has 7 nitrogen and oxygen atoms in total. The average molecular weight is 239 g/mol. The quantitative estimate of drug-likeness (QED) is 0.348. The summed E-state index contributed by atoms with van der Waals surface area (Å²) in [4.78, 5) is 10.0. The van der Waals surface area contributed by atoms with E-state index in [-0.39, 0.29) is 17.3 Å². The molecular weight excluding hydrogens is 226 g/mol. The number of hydrogen-bond donors (Lipinski definition) is 2. The summed E-state index contributed by atoms with van der Waals surface area (Å²) in [6, 6.07) is 3.96. The summed E-state index contributed by atoms with van der Waals surface area (Å²) in [5.41, 5.74) is 5.17. The van der Waals surface area contributed by atoms with Crippen molar-refractivity contribution in [3.63, 3.8) is 0 Å². The van der Waals surface area contributed by atoms with Crippen molar-refractivity contribution in [2.75, 3.05) is 7.11 Å². The molecule has 0 aliphatic heterocycles. The van der Waals surface area contributed by atoms with Crippen LogP contribution in [0.15, 0.2) is 18.2 Å². The molecule has 1 aromatic carbocycles. The van der Waals surface area contributed by atoms with E-state index in [1.165, 1.54) is 25.3 Å². The molecule has 1 aromatic rings. The lowest BCUT2D eigenvalue weighted by molar-refractivity contribution is -0.385. The highest BCUT2D eigenvalue weighted by Crippen LogP contribution is 2.31. The number of rotatable bonds is 5. The molecule has 0 spiro atoms. The fourth-order valence-corrected chi connectivity index (χ4v) is 1.12. The number of nitrogens with zero attached hydrogens (tertiary/aromatic N) is 1. The lowest BCUT2D eigenvalue weighted by atomic mass is 10.2. The van der Waals surface area contributed by atoms with Gasteiger partial charge in [-0.1, -0.05) is 0 Å². The Bertz CT molecular complexity index is 447. The Kier molecular flexibility index (Phi) is 3.86. The Morgan fingerprint density at radius 3 is 2.65 bits per heavy atom. The van der Waals surface area contributed by atoms with Gasteiger partial charge >= 0.3 is 0 Å². The number of amidine groups is 1. The third-order valence-electron chi connectivity index (χ3n) is 2.10. The first kappa shape index (κ1) is 12.8. The zero-order valence-corrected chi connectivity index (χ0v) is 9.47. The van der Waals surface area contributed by atoms with E-state index in [4.69, 9.17) is 20.6 Å². The van der Waals surface area contributed by atoms with Crippen molar-refractivity contribution in [2.45, 2.75) is 13.0 Å². The van der Waals surface area contributed by atoms with E-state index >= 15 is 0 Å². The van der Waals surface area contributed by atoms with Gasteiger partial charge in [-0.15, -0.1) is 0 Å². The number of nitrogens with one attached hydrogen (secondary N) is 1. The summed E-state index contributed by atoms with van der Waals surface area (Å²) >= 11 is 0. The van der Waals surface area contributed by atoms with Crippen LogP contribution in [-0.2, 0) is 0 Å². The minimum absolute atomic E-state index is 0.0929. The molecule has 0 amide bonds. The normalized spacial score (nSPS) is 11.6. The van der Waals surface area contributed by atoms with Gasteiger partial charge in [-0.25, -0.2) is 0 Å². The largest absolute Gasteiger partial charge is 0.493 e. The maximum Gasteiger partial charge on any atom is 0.273 e. The topological polar surface area (TPSA) is 111 Å². The van der Waals surface area contributed by atoms with Crippen LogP contribution in [0.2, 0.25) is 0 Å². The fourth-order valence-electron chi connectivity index (χ4n) is 1.12. The zero-order chi connectivity index (χ0) is 13.0. The monoisotopic (exact) mass is 239 g/mol. The van der Waals surface area contributed by atoms with Crippen LogP contribution in [0.4, 0.5) is 5.69 Å². The van der Waals surface area contributed by atoms with Gasteiger partial charge in [0.15, 0.2) is 17.6 Å². The molecule has 0 aromatic heterocycles. The molecule has 1 atom stereocenters. The van der Waals surface area contributed by atoms with Crippen molar-refractivity contribution < 1.29 is 14.4 Å². The van der Waals surface area contributed by atoms with Crippen molar-refractivity contribution >= 4 is 11.5 Å². The number of ether oxygens (including phenoxy) is 2. The van der Waals surface area contributed by atoms with Crippen LogP contribution in [0.3, 0.4) is 0 Å². The summed E-state index contributed by atoms with van der Waals surface area (Å²) in [6.45, 7) is 1.60. The summed E-state index contributed by atoms with van der Waals surface area (Å²) < 4.78 is 10.3. The van der Waals surface area contributed by atoms with Crippen LogP contribution in [0.25, 0.3) is 0 Å². The minimum atomic E-state index is -0.620. The molecule has 92 valence electrons. The second-order valence-electron chi connectivity index (χ2n) is 3.31. The van der Waals surface area contributed by atoms with Gasteiger partial charge in [0.2, 0.25) is 0 Å². The first-order chi connectivity index (χ1) is 7.95. The molecule has 1 unspecified atom stereocenters. The predicted octanol–water partition coefficient (Wildman–Crippen LogP) is 1.31. The highest BCUT2D eigenvalue weighted by Gasteiger charge is 2.15. The maximum absolute atomic E-state index is 10.6. The van der Waals surface area contributed by atoms with E-state index in [1.807, 2.05) is 0 Å². The second kappa shape index (κ2) is 5.15. The van der Waals surface area contributed by atoms with Gasteiger partial charge in [0.05, 0.1) is 18.1 Å². The molecule has 0 aliphatic carbocycles. The number of nitrogens with two attached hydrogens (primary N) is 1. The van der Waals surface area contributed by atoms with E-state index in [2.05, 4.69) is 0 Å². The van der Waals surface area contributed by atoms with Gasteiger partial charge in [0.25, 0.3) is 5.69 Å². The Balaban J connectivity index is 3.00. The van der Waals surface area contributed by atoms with Crippen LogP contribution < -0.4 is 15.2 Å². The van der Waals surface area contributed by atoms with Crippen LogP contribution >= 0.6 is 0 Å². The van der Waals surface area contributed by atoms with E-state index in [0.29, 0.717) is 5.75 Å². The van der Waals surface area contributed by atoms with Gasteiger partial charge in [-0.3, -0.25) is 15.5 Å². The molecule has 1 rings (SSSR count). The molecule has 0 bridgehead atoms. The summed E-state index contributed by atoms with van der Waals surface area (Å²) in [6.07, 6.45) is -0.620. The van der Waals surface area contributed by atoms with E-state index in [0.717, 1.165) is 0 Å². The first-order valence-electron chi connectivity index (χ1n) is 4.78. The minimum Gasteiger partial charge on any atom is -0.493 e. The molecule has 0 radical (unpaired) electrons. The molecule has 0 heterocycles. The standard InChI is InChI=1S/C10H13N3O4/c1-6(10(11)12)17-8-4-3-7(13(14)15)5-9(8)16-2/h3-6H,1-2H3,(H3,11,12). The summed E-state index contributed by atoms with van der Waals surface area (Å²) in [5.74, 6) is 0.401. The van der Waals surface area contributed by atoms with E-state index < -0.39 is 11.0 Å². The molecule has 7 heteroatoms. The second-order valence-corrected chi connectivity index (χ2v) is 3.31. The van der Waals surface area contributed by atoms with Crippen LogP contribution in [0.5, 0.6) is 11.5 Å². The van der Waals surface area contributed by atoms with E-state index in [1.54, 1.807) is 6.92 Å². The Hall–Kier alpha value is -2.31. The molecule has 0 saturated carbocycles. The number of methoxy groups -OCH3 is 1. The van der Waals surface area contributed by atoms with Gasteiger partial charge in [-0.2, -0.15) is 0 Å². The van der Waals surface area contributed by atoms with Crippen molar-refractivity contribution in [1.29, 1.82) is 5.41 Å². The smallest absolute Gasteiger partial charge is 0.273 e. The van der Waals surface area contributed by atoms with Gasteiger partial charge in [0, 0.05) is 6.07 Å². The molecule has 0 saturated heterocycles. The van der Waals surface area contributed by atoms with Crippen molar-refractivity contribution in [2.24, 2.45) is 5.73 Å². The average Bonchev–Trinajstić information content (AvgIpc) is 2.28. The molecule has 0 aliphatic rings. The third kappa shape index (κ3) is 3.07. The predicted molar refractivity (Wildman–Crippen MR) is 61.7 cm³/mol. The number of benzene rings is 1.